The van der Waals surface area contributed by atoms with E-state index in [1.165, 1.54) is 0 Å². The van der Waals surface area contributed by atoms with Gasteiger partial charge in [0, 0.05) is 13.1 Å². The van der Waals surface area contributed by atoms with Gasteiger partial charge in [-0.15, -0.1) is 11.8 Å². The van der Waals surface area contributed by atoms with Crippen molar-refractivity contribution in [2.45, 2.75) is 13.5 Å². The van der Waals surface area contributed by atoms with Gasteiger partial charge in [-0.3, -0.25) is 9.59 Å². The summed E-state index contributed by atoms with van der Waals surface area (Å²) in [4.78, 5) is 29.4. The SMILES string of the molecule is Cc1nc2ccccc2n1CCNC(=O)CN1CSCC1=O. The van der Waals surface area contributed by atoms with Crippen molar-refractivity contribution >= 4 is 34.6 Å². The minimum Gasteiger partial charge on any atom is -0.353 e. The van der Waals surface area contributed by atoms with Crippen molar-refractivity contribution in [3.8, 4) is 0 Å². The Morgan fingerprint density at radius 2 is 2.23 bits per heavy atom. The molecule has 3 rings (SSSR count). The number of nitrogens with zero attached hydrogens (tertiary/aromatic N) is 3. The molecular formula is C15H18N4O2S. The highest BCUT2D eigenvalue weighted by molar-refractivity contribution is 8.00. The van der Waals surface area contributed by atoms with E-state index < -0.39 is 0 Å². The van der Waals surface area contributed by atoms with Gasteiger partial charge < -0.3 is 14.8 Å². The predicted octanol–water partition coefficient (Wildman–Crippen LogP) is 0.994. The number of hydrogen-bond acceptors (Lipinski definition) is 4. The van der Waals surface area contributed by atoms with E-state index in [0.29, 0.717) is 24.7 Å². The predicted molar refractivity (Wildman–Crippen MR) is 86.5 cm³/mol. The average Bonchev–Trinajstić information content (AvgIpc) is 3.03. The maximum atomic E-state index is 11.9. The number of thioether (sulfide) groups is 1. The van der Waals surface area contributed by atoms with Gasteiger partial charge in [-0.25, -0.2) is 4.98 Å². The van der Waals surface area contributed by atoms with Crippen molar-refractivity contribution in [1.29, 1.82) is 0 Å². The van der Waals surface area contributed by atoms with Crippen LogP contribution >= 0.6 is 11.8 Å². The van der Waals surface area contributed by atoms with Gasteiger partial charge in [-0.1, -0.05) is 12.1 Å². The smallest absolute Gasteiger partial charge is 0.239 e. The highest BCUT2D eigenvalue weighted by atomic mass is 32.2. The Labute approximate surface area is 132 Å². The van der Waals surface area contributed by atoms with E-state index in [4.69, 9.17) is 0 Å². The zero-order chi connectivity index (χ0) is 15.5. The molecule has 116 valence electrons. The van der Waals surface area contributed by atoms with E-state index in [0.717, 1.165) is 16.9 Å². The number of benzene rings is 1. The lowest BCUT2D eigenvalue weighted by Crippen LogP contribution is -2.39. The molecule has 2 heterocycles. The van der Waals surface area contributed by atoms with Gasteiger partial charge in [0.15, 0.2) is 0 Å². The van der Waals surface area contributed by atoms with E-state index in [9.17, 15) is 9.59 Å². The fourth-order valence-electron chi connectivity index (χ4n) is 2.55. The number of nitrogens with one attached hydrogen (secondary N) is 1. The summed E-state index contributed by atoms with van der Waals surface area (Å²) in [5, 5.41) is 2.87. The van der Waals surface area contributed by atoms with Crippen LogP contribution in [0.3, 0.4) is 0 Å². The summed E-state index contributed by atoms with van der Waals surface area (Å²) in [6, 6.07) is 7.95. The summed E-state index contributed by atoms with van der Waals surface area (Å²) < 4.78 is 2.09. The van der Waals surface area contributed by atoms with Crippen LogP contribution in [0, 0.1) is 6.92 Å². The minimum atomic E-state index is -0.113. The number of aryl methyl sites for hydroxylation is 1. The van der Waals surface area contributed by atoms with E-state index >= 15 is 0 Å². The average molecular weight is 318 g/mol. The molecular weight excluding hydrogens is 300 g/mol. The molecule has 1 fully saturated rings. The van der Waals surface area contributed by atoms with Crippen LogP contribution in [0.1, 0.15) is 5.82 Å². The van der Waals surface area contributed by atoms with Crippen LogP contribution in [0.5, 0.6) is 0 Å². The Balaban J connectivity index is 1.55. The van der Waals surface area contributed by atoms with Gasteiger partial charge in [0.25, 0.3) is 0 Å². The number of imidazole rings is 1. The molecule has 1 aromatic heterocycles. The first-order valence-electron chi connectivity index (χ1n) is 7.19. The van der Waals surface area contributed by atoms with E-state index in [2.05, 4.69) is 14.9 Å². The quantitative estimate of drug-likeness (QED) is 0.893. The number of aromatic nitrogens is 2. The number of rotatable bonds is 5. The third kappa shape index (κ3) is 3.09. The highest BCUT2D eigenvalue weighted by Crippen LogP contribution is 2.15. The van der Waals surface area contributed by atoms with E-state index in [1.54, 1.807) is 16.7 Å². The van der Waals surface area contributed by atoms with Crippen molar-refractivity contribution in [2.24, 2.45) is 0 Å². The zero-order valence-corrected chi connectivity index (χ0v) is 13.2. The van der Waals surface area contributed by atoms with Crippen LogP contribution in [-0.4, -0.2) is 51.0 Å². The highest BCUT2D eigenvalue weighted by Gasteiger charge is 2.22. The second-order valence-corrected chi connectivity index (χ2v) is 6.17. The summed E-state index contributed by atoms with van der Waals surface area (Å²) in [5.74, 6) is 1.95. The van der Waals surface area contributed by atoms with Crippen molar-refractivity contribution in [2.75, 3.05) is 24.7 Å². The van der Waals surface area contributed by atoms with Crippen LogP contribution < -0.4 is 5.32 Å². The molecule has 1 N–H and O–H groups in total. The summed E-state index contributed by atoms with van der Waals surface area (Å²) >= 11 is 1.54. The first-order chi connectivity index (χ1) is 10.6. The Hall–Kier alpha value is -2.02. The van der Waals surface area contributed by atoms with Crippen molar-refractivity contribution in [3.63, 3.8) is 0 Å². The van der Waals surface area contributed by atoms with Crippen LogP contribution in [0.4, 0.5) is 0 Å². The lowest BCUT2D eigenvalue weighted by atomic mass is 10.3. The maximum Gasteiger partial charge on any atom is 0.239 e. The first-order valence-corrected chi connectivity index (χ1v) is 8.35. The molecule has 0 saturated carbocycles. The third-order valence-corrected chi connectivity index (χ3v) is 4.61. The number of para-hydroxylation sites is 2. The second kappa shape index (κ2) is 6.39. The van der Waals surface area contributed by atoms with Crippen LogP contribution in [0.25, 0.3) is 11.0 Å². The summed E-state index contributed by atoms with van der Waals surface area (Å²) in [7, 11) is 0. The Bertz CT molecular complexity index is 713. The molecule has 2 aromatic rings. The zero-order valence-electron chi connectivity index (χ0n) is 12.4. The molecule has 0 bridgehead atoms. The third-order valence-electron chi connectivity index (χ3n) is 3.66. The van der Waals surface area contributed by atoms with Crippen molar-refractivity contribution in [3.05, 3.63) is 30.1 Å². The molecule has 1 saturated heterocycles. The number of hydrogen-bond donors (Lipinski definition) is 1. The Morgan fingerprint density at radius 1 is 1.41 bits per heavy atom. The number of carbonyl (C=O) groups excluding carboxylic acids is 2. The van der Waals surface area contributed by atoms with Crippen LogP contribution in [0.2, 0.25) is 0 Å². The molecule has 0 spiro atoms. The summed E-state index contributed by atoms with van der Waals surface area (Å²) in [5.41, 5.74) is 2.03. The molecule has 0 unspecified atom stereocenters. The van der Waals surface area contributed by atoms with E-state index in [1.807, 2.05) is 31.2 Å². The molecule has 6 nitrogen and oxygen atoms in total. The fourth-order valence-corrected chi connectivity index (χ4v) is 3.46. The Morgan fingerprint density at radius 3 is 3.00 bits per heavy atom. The largest absolute Gasteiger partial charge is 0.353 e. The van der Waals surface area contributed by atoms with Gasteiger partial charge in [-0.2, -0.15) is 0 Å². The van der Waals surface area contributed by atoms with Gasteiger partial charge >= 0.3 is 0 Å². The fraction of sp³-hybridized carbons (Fsp3) is 0.400. The summed E-state index contributed by atoms with van der Waals surface area (Å²) in [6.07, 6.45) is 0. The molecule has 0 radical (unpaired) electrons. The van der Waals surface area contributed by atoms with Crippen LogP contribution in [-0.2, 0) is 16.1 Å². The number of amides is 2. The molecule has 0 atom stereocenters. The standard InChI is InChI=1S/C15H18N4O2S/c1-11-17-12-4-2-3-5-13(12)19(11)7-6-16-14(20)8-18-10-22-9-15(18)21/h2-5H,6-10H2,1H3,(H,16,20). The van der Waals surface area contributed by atoms with Crippen LogP contribution in [0.15, 0.2) is 24.3 Å². The van der Waals surface area contributed by atoms with E-state index in [-0.39, 0.29) is 18.4 Å². The maximum absolute atomic E-state index is 11.9. The number of fused-ring (bicyclic) bond motifs is 1. The van der Waals surface area contributed by atoms with Gasteiger partial charge in [0.2, 0.25) is 11.8 Å². The summed E-state index contributed by atoms with van der Waals surface area (Å²) in [6.45, 7) is 3.30. The molecule has 0 aliphatic carbocycles. The van der Waals surface area contributed by atoms with Gasteiger partial charge in [0.05, 0.1) is 22.7 Å². The molecule has 1 aromatic carbocycles. The Kier molecular flexibility index (Phi) is 4.33. The molecule has 22 heavy (non-hydrogen) atoms. The molecule has 1 aliphatic heterocycles. The minimum absolute atomic E-state index is 0.0385. The number of carbonyl (C=O) groups is 2. The lowest BCUT2D eigenvalue weighted by Gasteiger charge is -2.14. The monoisotopic (exact) mass is 318 g/mol. The molecule has 7 heteroatoms. The first kappa shape index (κ1) is 14.9. The van der Waals surface area contributed by atoms with Crippen molar-refractivity contribution < 1.29 is 9.59 Å². The lowest BCUT2D eigenvalue weighted by molar-refractivity contribution is -0.132. The second-order valence-electron chi connectivity index (χ2n) is 5.22. The van der Waals surface area contributed by atoms with Crippen molar-refractivity contribution in [1.82, 2.24) is 19.8 Å². The normalized spacial score (nSPS) is 14.8. The molecule has 2 amide bonds. The molecule has 1 aliphatic rings. The van der Waals surface area contributed by atoms with Gasteiger partial charge in [0.1, 0.15) is 12.4 Å². The van der Waals surface area contributed by atoms with Gasteiger partial charge in [-0.05, 0) is 19.1 Å². The topological polar surface area (TPSA) is 67.2 Å².